The zero-order valence-corrected chi connectivity index (χ0v) is 13.9. The lowest BCUT2D eigenvalue weighted by molar-refractivity contribution is 0.516. The normalized spacial score (nSPS) is 11.2. The Balaban J connectivity index is 2.21. The number of oxazole rings is 1. The van der Waals surface area contributed by atoms with Gasteiger partial charge in [-0.25, -0.2) is 4.79 Å². The van der Waals surface area contributed by atoms with Crippen LogP contribution >= 0.6 is 31.9 Å². The minimum Gasteiger partial charge on any atom is -0.406 e. The second-order valence-corrected chi connectivity index (χ2v) is 6.23. The van der Waals surface area contributed by atoms with Gasteiger partial charge in [0.2, 0.25) is 0 Å². The number of nitrogens with zero attached hydrogens (tertiary/aromatic N) is 1. The van der Waals surface area contributed by atoms with E-state index in [0.717, 1.165) is 25.6 Å². The summed E-state index contributed by atoms with van der Waals surface area (Å²) in [6, 6.07) is 11.8. The van der Waals surface area contributed by atoms with E-state index in [1.54, 1.807) is 4.57 Å². The fourth-order valence-corrected chi connectivity index (χ4v) is 3.31. The third kappa shape index (κ3) is 2.25. The Morgan fingerprint density at radius 1 is 1.20 bits per heavy atom. The Labute approximate surface area is 132 Å². The van der Waals surface area contributed by atoms with Gasteiger partial charge in [0.05, 0.1) is 16.5 Å². The first-order chi connectivity index (χ1) is 9.58. The standard InChI is InChI=1S/C15H11Br2NO2/c1-9-11(16)7-12-14(13(9)17)20-15(19)18(12)8-10-5-3-2-4-6-10/h2-7H,8H2,1H3. The van der Waals surface area contributed by atoms with Crippen LogP contribution in [-0.2, 0) is 6.54 Å². The van der Waals surface area contributed by atoms with Crippen molar-refractivity contribution in [3.8, 4) is 0 Å². The van der Waals surface area contributed by atoms with E-state index in [1.165, 1.54) is 0 Å². The molecule has 5 heteroatoms. The van der Waals surface area contributed by atoms with E-state index in [1.807, 2.05) is 43.3 Å². The minimum atomic E-state index is -0.345. The predicted octanol–water partition coefficient (Wildman–Crippen LogP) is 4.48. The molecule has 0 unspecified atom stereocenters. The summed E-state index contributed by atoms with van der Waals surface area (Å²) in [5.74, 6) is -0.345. The van der Waals surface area contributed by atoms with Gasteiger partial charge < -0.3 is 4.42 Å². The number of aromatic nitrogens is 1. The van der Waals surface area contributed by atoms with Crippen molar-refractivity contribution < 1.29 is 4.42 Å². The molecule has 0 aliphatic rings. The Morgan fingerprint density at radius 2 is 1.90 bits per heavy atom. The number of benzene rings is 2. The molecule has 0 amide bonds. The minimum absolute atomic E-state index is 0.345. The zero-order chi connectivity index (χ0) is 14.3. The van der Waals surface area contributed by atoms with E-state index in [4.69, 9.17) is 4.42 Å². The lowest BCUT2D eigenvalue weighted by Gasteiger charge is -2.05. The molecule has 0 bridgehead atoms. The Kier molecular flexibility index (Phi) is 3.56. The molecular formula is C15H11Br2NO2. The van der Waals surface area contributed by atoms with Crippen molar-refractivity contribution in [1.29, 1.82) is 0 Å². The summed E-state index contributed by atoms with van der Waals surface area (Å²) >= 11 is 7.00. The third-order valence-corrected chi connectivity index (χ3v) is 5.05. The summed E-state index contributed by atoms with van der Waals surface area (Å²) in [4.78, 5) is 12.1. The monoisotopic (exact) mass is 395 g/mol. The van der Waals surface area contributed by atoms with Gasteiger partial charge in [0.25, 0.3) is 0 Å². The lowest BCUT2D eigenvalue weighted by Crippen LogP contribution is -2.14. The maximum atomic E-state index is 12.1. The first-order valence-electron chi connectivity index (χ1n) is 6.10. The summed E-state index contributed by atoms with van der Waals surface area (Å²) in [6.07, 6.45) is 0. The first-order valence-corrected chi connectivity index (χ1v) is 7.68. The van der Waals surface area contributed by atoms with Crippen LogP contribution in [0.15, 0.2) is 54.6 Å². The third-order valence-electron chi connectivity index (χ3n) is 3.27. The van der Waals surface area contributed by atoms with Crippen LogP contribution in [0, 0.1) is 6.92 Å². The summed E-state index contributed by atoms with van der Waals surface area (Å²) in [6.45, 7) is 2.46. The van der Waals surface area contributed by atoms with Crippen molar-refractivity contribution in [2.45, 2.75) is 13.5 Å². The van der Waals surface area contributed by atoms with E-state index in [-0.39, 0.29) is 5.76 Å². The van der Waals surface area contributed by atoms with Gasteiger partial charge >= 0.3 is 5.76 Å². The Hall–Kier alpha value is -1.33. The molecule has 0 N–H and O–H groups in total. The molecule has 2 aromatic carbocycles. The molecule has 0 spiro atoms. The SMILES string of the molecule is Cc1c(Br)cc2c(oc(=O)n2Cc2ccccc2)c1Br. The number of fused-ring (bicyclic) bond motifs is 1. The highest BCUT2D eigenvalue weighted by molar-refractivity contribution is 9.11. The Morgan fingerprint density at radius 3 is 2.60 bits per heavy atom. The zero-order valence-electron chi connectivity index (χ0n) is 10.7. The van der Waals surface area contributed by atoms with Crippen molar-refractivity contribution in [3.63, 3.8) is 0 Å². The highest BCUT2D eigenvalue weighted by Crippen LogP contribution is 2.32. The topological polar surface area (TPSA) is 35.1 Å². The molecular weight excluding hydrogens is 386 g/mol. The van der Waals surface area contributed by atoms with Gasteiger partial charge in [-0.3, -0.25) is 4.57 Å². The van der Waals surface area contributed by atoms with Crippen LogP contribution in [0.25, 0.3) is 11.1 Å². The first kappa shape index (κ1) is 13.6. The van der Waals surface area contributed by atoms with Crippen LogP contribution in [-0.4, -0.2) is 4.57 Å². The largest absolute Gasteiger partial charge is 0.420 e. The van der Waals surface area contributed by atoms with Gasteiger partial charge in [-0.05, 0) is 40.0 Å². The van der Waals surface area contributed by atoms with Crippen molar-refractivity contribution in [3.05, 3.63) is 67.0 Å². The van der Waals surface area contributed by atoms with Gasteiger partial charge in [-0.1, -0.05) is 46.3 Å². The van der Waals surface area contributed by atoms with E-state index < -0.39 is 0 Å². The summed E-state index contributed by atoms with van der Waals surface area (Å²) < 4.78 is 8.77. The van der Waals surface area contributed by atoms with Crippen molar-refractivity contribution in [2.24, 2.45) is 0 Å². The average Bonchev–Trinajstić information content (AvgIpc) is 2.75. The summed E-state index contributed by atoms with van der Waals surface area (Å²) in [5.41, 5.74) is 3.44. The molecule has 0 radical (unpaired) electrons. The van der Waals surface area contributed by atoms with Crippen LogP contribution < -0.4 is 5.76 Å². The second kappa shape index (κ2) is 5.22. The fraction of sp³-hybridized carbons (Fsp3) is 0.133. The molecule has 3 aromatic rings. The highest BCUT2D eigenvalue weighted by atomic mass is 79.9. The van der Waals surface area contributed by atoms with Gasteiger partial charge in [-0.15, -0.1) is 0 Å². The molecule has 3 rings (SSSR count). The Bertz CT molecular complexity index is 834. The maximum Gasteiger partial charge on any atom is 0.420 e. The number of halogens is 2. The molecule has 102 valence electrons. The van der Waals surface area contributed by atoms with Crippen LogP contribution in [0.2, 0.25) is 0 Å². The molecule has 1 heterocycles. The lowest BCUT2D eigenvalue weighted by atomic mass is 10.2. The quantitative estimate of drug-likeness (QED) is 0.640. The number of hydrogen-bond donors (Lipinski definition) is 0. The smallest absolute Gasteiger partial charge is 0.406 e. The van der Waals surface area contributed by atoms with E-state index in [2.05, 4.69) is 31.9 Å². The molecule has 20 heavy (non-hydrogen) atoms. The molecule has 0 saturated heterocycles. The maximum absolute atomic E-state index is 12.1. The molecule has 0 aliphatic heterocycles. The van der Waals surface area contributed by atoms with Crippen molar-refractivity contribution in [2.75, 3.05) is 0 Å². The summed E-state index contributed by atoms with van der Waals surface area (Å²) in [5, 5.41) is 0. The summed E-state index contributed by atoms with van der Waals surface area (Å²) in [7, 11) is 0. The van der Waals surface area contributed by atoms with Crippen molar-refractivity contribution >= 4 is 43.0 Å². The molecule has 1 aromatic heterocycles. The van der Waals surface area contributed by atoms with Gasteiger partial charge in [-0.2, -0.15) is 0 Å². The molecule has 0 saturated carbocycles. The average molecular weight is 397 g/mol. The fourth-order valence-electron chi connectivity index (χ4n) is 2.14. The van der Waals surface area contributed by atoms with Crippen LogP contribution in [0.1, 0.15) is 11.1 Å². The van der Waals surface area contributed by atoms with Gasteiger partial charge in [0, 0.05) is 4.47 Å². The van der Waals surface area contributed by atoms with Gasteiger partial charge in [0.1, 0.15) is 0 Å². The van der Waals surface area contributed by atoms with E-state index in [0.29, 0.717) is 12.1 Å². The molecule has 0 aliphatic carbocycles. The number of rotatable bonds is 2. The molecule has 3 nitrogen and oxygen atoms in total. The van der Waals surface area contributed by atoms with Crippen LogP contribution in [0.3, 0.4) is 0 Å². The van der Waals surface area contributed by atoms with Crippen molar-refractivity contribution in [1.82, 2.24) is 4.57 Å². The van der Waals surface area contributed by atoms with E-state index >= 15 is 0 Å². The van der Waals surface area contributed by atoms with Crippen LogP contribution in [0.5, 0.6) is 0 Å². The van der Waals surface area contributed by atoms with Gasteiger partial charge in [0.15, 0.2) is 5.58 Å². The number of hydrogen-bond acceptors (Lipinski definition) is 2. The molecule has 0 fully saturated rings. The predicted molar refractivity (Wildman–Crippen MR) is 86.2 cm³/mol. The van der Waals surface area contributed by atoms with E-state index in [9.17, 15) is 4.79 Å². The second-order valence-electron chi connectivity index (χ2n) is 4.59. The highest BCUT2D eigenvalue weighted by Gasteiger charge is 2.16. The molecule has 0 atom stereocenters. The van der Waals surface area contributed by atoms with Crippen LogP contribution in [0.4, 0.5) is 0 Å².